The summed E-state index contributed by atoms with van der Waals surface area (Å²) in [7, 11) is 4.01. The second-order valence-electron chi connectivity index (χ2n) is 13.1. The first-order chi connectivity index (χ1) is 25.3. The first-order valence-electron chi connectivity index (χ1n) is 16.7. The molecule has 0 aliphatic heterocycles. The van der Waals surface area contributed by atoms with Gasteiger partial charge >= 0.3 is 5.97 Å². The number of nitrogens with one attached hydrogen (secondary N) is 1. The highest BCUT2D eigenvalue weighted by Gasteiger charge is 2.32. The van der Waals surface area contributed by atoms with Crippen molar-refractivity contribution in [2.75, 3.05) is 20.7 Å². The van der Waals surface area contributed by atoms with Crippen LogP contribution in [0, 0.1) is 24.1 Å². The van der Waals surface area contributed by atoms with Crippen molar-refractivity contribution >= 4 is 29.2 Å². The number of hydrogen-bond donors (Lipinski definition) is 3. The lowest BCUT2D eigenvalue weighted by Crippen LogP contribution is -2.52. The van der Waals surface area contributed by atoms with Gasteiger partial charge in [0.15, 0.2) is 0 Å². The third-order valence-electron chi connectivity index (χ3n) is 8.84. The van der Waals surface area contributed by atoms with Gasteiger partial charge < -0.3 is 24.6 Å². The molecule has 1 unspecified atom stereocenters. The number of hydrogen-bond acceptors (Lipinski definition) is 8. The zero-order valence-corrected chi connectivity index (χ0v) is 31.2. The van der Waals surface area contributed by atoms with Gasteiger partial charge in [-0.3, -0.25) is 15.1 Å². The van der Waals surface area contributed by atoms with E-state index in [-0.39, 0.29) is 36.1 Å². The average Bonchev–Trinajstić information content (AvgIpc) is 3.14. The number of carboxylic acid groups (broad SMARTS) is 1. The molecule has 0 saturated heterocycles. The molecule has 0 radical (unpaired) electrons. The van der Waals surface area contributed by atoms with E-state index in [1.807, 2.05) is 69.6 Å². The van der Waals surface area contributed by atoms with Gasteiger partial charge in [-0.1, -0.05) is 65.7 Å². The largest absolute Gasteiger partial charge is 0.488 e. The maximum absolute atomic E-state index is 15.6. The minimum absolute atomic E-state index is 0.0120. The molecule has 0 amide bonds. The molecule has 274 valence electrons. The lowest BCUT2D eigenvalue weighted by molar-refractivity contribution is -0.145. The molecule has 53 heavy (non-hydrogen) atoms. The summed E-state index contributed by atoms with van der Waals surface area (Å²) in [6.45, 7) is 3.48. The molecule has 0 bridgehead atoms. The normalized spacial score (nSPS) is 12.3. The van der Waals surface area contributed by atoms with Crippen LogP contribution in [0.1, 0.15) is 40.3 Å². The van der Waals surface area contributed by atoms with Crippen molar-refractivity contribution in [2.24, 2.45) is 0 Å². The van der Waals surface area contributed by atoms with E-state index in [0.29, 0.717) is 38.6 Å². The van der Waals surface area contributed by atoms with Crippen LogP contribution in [0.2, 0.25) is 10.0 Å². The molecule has 3 N–H and O–H groups in total. The van der Waals surface area contributed by atoms with Gasteiger partial charge in [0.25, 0.3) is 0 Å². The van der Waals surface area contributed by atoms with Gasteiger partial charge in [-0.25, -0.2) is 4.39 Å². The molecule has 0 spiro atoms. The molecule has 0 fully saturated rings. The Hall–Kier alpha value is -5.02. The van der Waals surface area contributed by atoms with Crippen LogP contribution in [0.15, 0.2) is 85.2 Å². The Morgan fingerprint density at radius 3 is 2.38 bits per heavy atom. The number of pyridine rings is 1. The summed E-state index contributed by atoms with van der Waals surface area (Å²) in [5.74, 6) is -1.07. The number of nitriles is 1. The third kappa shape index (κ3) is 9.32. The summed E-state index contributed by atoms with van der Waals surface area (Å²) in [6.07, 6.45) is 3.01. The van der Waals surface area contributed by atoms with Gasteiger partial charge in [0.05, 0.1) is 22.2 Å². The molecule has 5 rings (SSSR count). The molecule has 1 heterocycles. The second-order valence-corrected chi connectivity index (χ2v) is 13.9. The number of benzene rings is 4. The lowest BCUT2D eigenvalue weighted by atomic mass is 9.93. The molecular weight excluding hydrogens is 718 g/mol. The van der Waals surface area contributed by atoms with E-state index < -0.39 is 23.9 Å². The molecule has 5 aromatic rings. The molecule has 9 nitrogen and oxygen atoms in total. The van der Waals surface area contributed by atoms with Crippen LogP contribution < -0.4 is 14.8 Å². The highest BCUT2D eigenvalue weighted by Crippen LogP contribution is 2.41. The van der Waals surface area contributed by atoms with Crippen LogP contribution in [-0.2, 0) is 31.1 Å². The quantitative estimate of drug-likeness (QED) is 0.0969. The van der Waals surface area contributed by atoms with E-state index in [4.69, 9.17) is 32.7 Å². The Kier molecular flexibility index (Phi) is 12.7. The van der Waals surface area contributed by atoms with E-state index in [9.17, 15) is 20.3 Å². The number of aliphatic hydroxyl groups is 1. The fourth-order valence-corrected chi connectivity index (χ4v) is 6.29. The number of aliphatic hydroxyl groups excluding tert-OH is 1. The predicted molar refractivity (Wildman–Crippen MR) is 203 cm³/mol. The number of aromatic nitrogens is 1. The SMILES string of the molecule is Cc1c(COc2cc(OCc3cncc(C#N)c3)c(CNC(C)(CO)C(=O)O)cc2Cl)cccc1-c1c(F)ccc(-c2ccc(CN(C)C)cc2)c1Cl. The number of carbonyl (C=O) groups is 1. The summed E-state index contributed by atoms with van der Waals surface area (Å²) >= 11 is 13.6. The summed E-state index contributed by atoms with van der Waals surface area (Å²) < 4.78 is 27.9. The zero-order chi connectivity index (χ0) is 38.3. The first-order valence-corrected chi connectivity index (χ1v) is 17.4. The second kappa shape index (κ2) is 17.2. The van der Waals surface area contributed by atoms with Crippen LogP contribution >= 0.6 is 23.2 Å². The van der Waals surface area contributed by atoms with Crippen molar-refractivity contribution in [3.05, 3.63) is 134 Å². The summed E-state index contributed by atoms with van der Waals surface area (Å²) in [5, 5.41) is 32.1. The van der Waals surface area contributed by atoms with Crippen molar-refractivity contribution < 1.29 is 28.9 Å². The first kappa shape index (κ1) is 39.2. The monoisotopic (exact) mass is 756 g/mol. The standard InChI is InChI=1S/C41H39Cl2FN4O5/c1-25-30(6-5-7-32(25)38-35(44)13-12-33(39(38)43)29-10-8-26(9-11-29)21-48(3)4)23-53-37-16-36(52-22-28-14-27(17-45)18-46-19-28)31(15-34(37)42)20-47-41(2,24-49)40(50)51/h5-16,18-19,47,49H,20-24H2,1-4H3,(H,50,51). The molecule has 0 aliphatic carbocycles. The number of ether oxygens (including phenoxy) is 2. The van der Waals surface area contributed by atoms with Crippen LogP contribution in [0.4, 0.5) is 4.39 Å². The van der Waals surface area contributed by atoms with Crippen molar-refractivity contribution in [1.82, 2.24) is 15.2 Å². The van der Waals surface area contributed by atoms with Gasteiger partial charge in [0.2, 0.25) is 0 Å². The van der Waals surface area contributed by atoms with Crippen LogP contribution in [0.25, 0.3) is 22.3 Å². The number of halogens is 3. The van der Waals surface area contributed by atoms with Crippen LogP contribution in [0.3, 0.4) is 0 Å². The van der Waals surface area contributed by atoms with Gasteiger partial charge in [-0.15, -0.1) is 0 Å². The van der Waals surface area contributed by atoms with Crippen LogP contribution in [-0.4, -0.2) is 52.3 Å². The van der Waals surface area contributed by atoms with E-state index in [1.54, 1.807) is 30.5 Å². The zero-order valence-electron chi connectivity index (χ0n) is 29.7. The van der Waals surface area contributed by atoms with Gasteiger partial charge in [0, 0.05) is 53.8 Å². The van der Waals surface area contributed by atoms with E-state index in [1.165, 1.54) is 19.2 Å². The topological polar surface area (TPSA) is 128 Å². The highest BCUT2D eigenvalue weighted by molar-refractivity contribution is 6.36. The molecular formula is C41H39Cl2FN4O5. The minimum Gasteiger partial charge on any atom is -0.488 e. The third-order valence-corrected chi connectivity index (χ3v) is 9.53. The van der Waals surface area contributed by atoms with E-state index >= 15 is 4.39 Å². The Balaban J connectivity index is 1.43. The fourth-order valence-electron chi connectivity index (χ4n) is 5.68. The summed E-state index contributed by atoms with van der Waals surface area (Å²) in [5.41, 5.74) is 5.06. The minimum atomic E-state index is -1.62. The summed E-state index contributed by atoms with van der Waals surface area (Å²) in [4.78, 5) is 18.0. The number of carboxylic acids is 1. The van der Waals surface area contributed by atoms with Crippen molar-refractivity contribution in [3.63, 3.8) is 0 Å². The Morgan fingerprint density at radius 1 is 0.962 bits per heavy atom. The van der Waals surface area contributed by atoms with Crippen molar-refractivity contribution in [2.45, 2.75) is 45.7 Å². The van der Waals surface area contributed by atoms with E-state index in [2.05, 4.69) is 15.2 Å². The predicted octanol–water partition coefficient (Wildman–Crippen LogP) is 8.19. The van der Waals surface area contributed by atoms with Crippen molar-refractivity contribution in [1.29, 1.82) is 5.26 Å². The molecule has 0 saturated carbocycles. The maximum Gasteiger partial charge on any atom is 0.326 e. The smallest absolute Gasteiger partial charge is 0.326 e. The van der Waals surface area contributed by atoms with Crippen LogP contribution in [0.5, 0.6) is 11.5 Å². The Bertz CT molecular complexity index is 2160. The van der Waals surface area contributed by atoms with Gasteiger partial charge in [0.1, 0.15) is 42.1 Å². The molecule has 1 atom stereocenters. The molecule has 1 aromatic heterocycles. The summed E-state index contributed by atoms with van der Waals surface area (Å²) in [6, 6.07) is 23.6. The fraction of sp³-hybridized carbons (Fsp3) is 0.244. The highest BCUT2D eigenvalue weighted by atomic mass is 35.5. The van der Waals surface area contributed by atoms with E-state index in [0.717, 1.165) is 28.8 Å². The number of aliphatic carboxylic acids is 1. The molecule has 0 aliphatic rings. The van der Waals surface area contributed by atoms with Gasteiger partial charge in [-0.05, 0) is 80.0 Å². The molecule has 4 aromatic carbocycles. The maximum atomic E-state index is 15.6. The van der Waals surface area contributed by atoms with Gasteiger partial charge in [-0.2, -0.15) is 5.26 Å². The number of nitrogens with zero attached hydrogens (tertiary/aromatic N) is 3. The Morgan fingerprint density at radius 2 is 1.70 bits per heavy atom. The lowest BCUT2D eigenvalue weighted by Gasteiger charge is -2.25. The Labute approximate surface area is 318 Å². The molecule has 12 heteroatoms. The van der Waals surface area contributed by atoms with Crippen molar-refractivity contribution in [3.8, 4) is 39.8 Å². The number of rotatable bonds is 15. The average molecular weight is 758 g/mol.